The van der Waals surface area contributed by atoms with Crippen LogP contribution in [0.25, 0.3) is 10.1 Å². The molecule has 0 fully saturated rings. The van der Waals surface area contributed by atoms with Crippen molar-refractivity contribution >= 4 is 21.4 Å². The molecule has 2 heteroatoms. The summed E-state index contributed by atoms with van der Waals surface area (Å²) in [6.45, 7) is 8.77. The average molecular weight is 247 g/mol. The third-order valence-electron chi connectivity index (χ3n) is 3.10. The van der Waals surface area contributed by atoms with Gasteiger partial charge in [-0.25, -0.2) is 0 Å². The molecule has 1 aromatic heterocycles. The van der Waals surface area contributed by atoms with E-state index >= 15 is 0 Å². The van der Waals surface area contributed by atoms with Gasteiger partial charge < -0.3 is 5.32 Å². The summed E-state index contributed by atoms with van der Waals surface area (Å²) in [5.41, 5.74) is 2.90. The van der Waals surface area contributed by atoms with Gasteiger partial charge in [-0.3, -0.25) is 0 Å². The third-order valence-corrected chi connectivity index (χ3v) is 4.31. The summed E-state index contributed by atoms with van der Waals surface area (Å²) in [5, 5.41) is 4.98. The molecule has 1 nitrogen and oxygen atoms in total. The fourth-order valence-electron chi connectivity index (χ4n) is 2.22. The molecule has 0 radical (unpaired) electrons. The number of aryl methyl sites for hydroxylation is 2. The second-order valence-corrected chi connectivity index (χ2v) is 5.67. The largest absolute Gasteiger partial charge is 0.312 e. The van der Waals surface area contributed by atoms with Gasteiger partial charge in [-0.1, -0.05) is 31.5 Å². The van der Waals surface area contributed by atoms with Crippen LogP contribution in [0, 0.1) is 6.92 Å². The Hall–Kier alpha value is -0.860. The molecule has 0 saturated carbocycles. The zero-order chi connectivity index (χ0) is 12.3. The molecule has 92 valence electrons. The standard InChI is InChI=1S/C15H21NS/c1-4-8-16-10-15-12(5-2)13-9-11(3)6-7-14(13)17-15/h6-7,9,16H,4-5,8,10H2,1-3H3. The maximum Gasteiger partial charge on any atom is 0.0349 e. The minimum atomic E-state index is 1.02. The monoisotopic (exact) mass is 247 g/mol. The SMILES string of the molecule is CCCNCc1sc2ccc(C)cc2c1CC. The van der Waals surface area contributed by atoms with E-state index < -0.39 is 0 Å². The van der Waals surface area contributed by atoms with Crippen LogP contribution in [-0.2, 0) is 13.0 Å². The Labute approximate surface area is 108 Å². The lowest BCUT2D eigenvalue weighted by molar-refractivity contribution is 0.679. The van der Waals surface area contributed by atoms with Gasteiger partial charge in [0, 0.05) is 16.1 Å². The van der Waals surface area contributed by atoms with E-state index in [9.17, 15) is 0 Å². The van der Waals surface area contributed by atoms with Gasteiger partial charge in [0.2, 0.25) is 0 Å². The van der Waals surface area contributed by atoms with Crippen molar-refractivity contribution in [2.75, 3.05) is 6.54 Å². The third kappa shape index (κ3) is 2.70. The Morgan fingerprint density at radius 3 is 2.76 bits per heavy atom. The highest BCUT2D eigenvalue weighted by atomic mass is 32.1. The van der Waals surface area contributed by atoms with E-state index in [0.29, 0.717) is 0 Å². The number of nitrogens with one attached hydrogen (secondary N) is 1. The van der Waals surface area contributed by atoms with Crippen molar-refractivity contribution in [3.05, 3.63) is 34.2 Å². The smallest absolute Gasteiger partial charge is 0.0349 e. The van der Waals surface area contributed by atoms with Crippen LogP contribution in [0.15, 0.2) is 18.2 Å². The number of hydrogen-bond donors (Lipinski definition) is 1. The molecule has 0 aliphatic heterocycles. The maximum atomic E-state index is 3.51. The second-order valence-electron chi connectivity index (χ2n) is 4.53. The molecular formula is C15H21NS. The number of benzene rings is 1. The first kappa shape index (κ1) is 12.6. The highest BCUT2D eigenvalue weighted by Crippen LogP contribution is 2.32. The summed E-state index contributed by atoms with van der Waals surface area (Å²) < 4.78 is 1.43. The quantitative estimate of drug-likeness (QED) is 0.778. The van der Waals surface area contributed by atoms with E-state index in [-0.39, 0.29) is 0 Å². The molecule has 1 aromatic carbocycles. The van der Waals surface area contributed by atoms with E-state index in [1.807, 2.05) is 11.3 Å². The lowest BCUT2D eigenvalue weighted by Gasteiger charge is -2.03. The first-order valence-corrected chi connectivity index (χ1v) is 7.29. The maximum absolute atomic E-state index is 3.51. The predicted octanol–water partition coefficient (Wildman–Crippen LogP) is 4.27. The van der Waals surface area contributed by atoms with Crippen molar-refractivity contribution in [1.29, 1.82) is 0 Å². The van der Waals surface area contributed by atoms with Crippen LogP contribution in [0.5, 0.6) is 0 Å². The van der Waals surface area contributed by atoms with Gasteiger partial charge in [-0.15, -0.1) is 11.3 Å². The van der Waals surface area contributed by atoms with Gasteiger partial charge in [0.1, 0.15) is 0 Å². The Kier molecular flexibility index (Phi) is 4.19. The van der Waals surface area contributed by atoms with E-state index in [1.54, 1.807) is 0 Å². The van der Waals surface area contributed by atoms with Crippen molar-refractivity contribution in [3.63, 3.8) is 0 Å². The van der Waals surface area contributed by atoms with Crippen LogP contribution in [0.4, 0.5) is 0 Å². The van der Waals surface area contributed by atoms with Crippen molar-refractivity contribution in [2.24, 2.45) is 0 Å². The van der Waals surface area contributed by atoms with Crippen LogP contribution < -0.4 is 5.32 Å². The lowest BCUT2D eigenvalue weighted by atomic mass is 10.1. The molecule has 0 aliphatic carbocycles. The molecule has 0 unspecified atom stereocenters. The Morgan fingerprint density at radius 1 is 1.24 bits per heavy atom. The van der Waals surface area contributed by atoms with Gasteiger partial charge >= 0.3 is 0 Å². The molecule has 2 aromatic rings. The fraction of sp³-hybridized carbons (Fsp3) is 0.467. The molecule has 0 bridgehead atoms. The van der Waals surface area contributed by atoms with E-state index in [4.69, 9.17) is 0 Å². The average Bonchev–Trinajstić information content (AvgIpc) is 2.66. The second kappa shape index (κ2) is 5.65. The number of rotatable bonds is 5. The fourth-order valence-corrected chi connectivity index (χ4v) is 3.47. The van der Waals surface area contributed by atoms with Crippen LogP contribution >= 0.6 is 11.3 Å². The molecule has 0 saturated heterocycles. The molecule has 1 N–H and O–H groups in total. The van der Waals surface area contributed by atoms with Crippen molar-refractivity contribution < 1.29 is 0 Å². The Balaban J connectivity index is 2.35. The summed E-state index contributed by atoms with van der Waals surface area (Å²) in [4.78, 5) is 1.52. The lowest BCUT2D eigenvalue weighted by Crippen LogP contribution is -2.13. The first-order chi connectivity index (χ1) is 8.26. The predicted molar refractivity (Wildman–Crippen MR) is 77.9 cm³/mol. The van der Waals surface area contributed by atoms with Crippen molar-refractivity contribution in [1.82, 2.24) is 5.32 Å². The number of fused-ring (bicyclic) bond motifs is 1. The van der Waals surface area contributed by atoms with Gasteiger partial charge in [0.25, 0.3) is 0 Å². The topological polar surface area (TPSA) is 12.0 Å². The molecule has 0 atom stereocenters. The van der Waals surface area contributed by atoms with Gasteiger partial charge in [-0.2, -0.15) is 0 Å². The first-order valence-electron chi connectivity index (χ1n) is 6.47. The van der Waals surface area contributed by atoms with Crippen LogP contribution in [0.1, 0.15) is 36.3 Å². The Bertz CT molecular complexity index is 499. The van der Waals surface area contributed by atoms with E-state index in [0.717, 1.165) is 19.5 Å². The summed E-state index contributed by atoms with van der Waals surface area (Å²) in [6.07, 6.45) is 2.33. The van der Waals surface area contributed by atoms with Crippen molar-refractivity contribution in [2.45, 2.75) is 40.2 Å². The molecule has 0 aliphatic rings. The zero-order valence-corrected chi connectivity index (χ0v) is 11.8. The molecule has 0 spiro atoms. The highest BCUT2D eigenvalue weighted by Gasteiger charge is 2.10. The molecule has 0 amide bonds. The van der Waals surface area contributed by atoms with E-state index in [2.05, 4.69) is 44.3 Å². The van der Waals surface area contributed by atoms with Gasteiger partial charge in [-0.05, 0) is 43.3 Å². The minimum Gasteiger partial charge on any atom is -0.312 e. The molecule has 2 rings (SSSR count). The van der Waals surface area contributed by atoms with Crippen LogP contribution in [0.2, 0.25) is 0 Å². The summed E-state index contributed by atoms with van der Waals surface area (Å²) in [5.74, 6) is 0. The highest BCUT2D eigenvalue weighted by molar-refractivity contribution is 7.19. The molecular weight excluding hydrogens is 226 g/mol. The van der Waals surface area contributed by atoms with Crippen molar-refractivity contribution in [3.8, 4) is 0 Å². The number of thiophene rings is 1. The summed E-state index contributed by atoms with van der Waals surface area (Å²) in [6, 6.07) is 6.80. The summed E-state index contributed by atoms with van der Waals surface area (Å²) in [7, 11) is 0. The molecule has 17 heavy (non-hydrogen) atoms. The summed E-state index contributed by atoms with van der Waals surface area (Å²) >= 11 is 1.95. The minimum absolute atomic E-state index is 1.02. The number of hydrogen-bond acceptors (Lipinski definition) is 2. The van der Waals surface area contributed by atoms with Crippen LogP contribution in [-0.4, -0.2) is 6.54 Å². The molecule has 1 heterocycles. The van der Waals surface area contributed by atoms with E-state index in [1.165, 1.54) is 32.5 Å². The van der Waals surface area contributed by atoms with Gasteiger partial charge in [0.05, 0.1) is 0 Å². The normalized spacial score (nSPS) is 11.2. The van der Waals surface area contributed by atoms with Crippen LogP contribution in [0.3, 0.4) is 0 Å². The zero-order valence-electron chi connectivity index (χ0n) is 11.0. The Morgan fingerprint density at radius 2 is 2.06 bits per heavy atom. The van der Waals surface area contributed by atoms with Gasteiger partial charge in [0.15, 0.2) is 0 Å².